The van der Waals surface area contributed by atoms with Gasteiger partial charge in [0.05, 0.1) is 30.5 Å². The molecule has 4 aromatic rings. The lowest BCUT2D eigenvalue weighted by Gasteiger charge is -2.44. The van der Waals surface area contributed by atoms with Crippen molar-refractivity contribution in [2.45, 2.75) is 50.9 Å². The Balaban J connectivity index is 1.33. The molecule has 0 aromatic carbocycles. The Morgan fingerprint density at radius 3 is 2.55 bits per heavy atom. The van der Waals surface area contributed by atoms with Crippen LogP contribution < -0.4 is 5.32 Å². The number of ether oxygens (including phenoxy) is 1. The number of nitrogens with one attached hydrogen (secondary N) is 1. The topological polar surface area (TPSA) is 87.6 Å². The number of halogens is 3. The number of hydrogen-bond donors (Lipinski definition) is 1. The van der Waals surface area contributed by atoms with Crippen LogP contribution in [0.2, 0.25) is 0 Å². The molecule has 0 atom stereocenters. The van der Waals surface area contributed by atoms with E-state index in [0.717, 1.165) is 28.2 Å². The van der Waals surface area contributed by atoms with Crippen molar-refractivity contribution in [2.75, 3.05) is 18.5 Å². The third-order valence-corrected chi connectivity index (χ3v) is 8.36. The molecule has 9 nitrogen and oxygen atoms in total. The molecular formula is C26H27F3N8O. The smallest absolute Gasteiger partial charge is 0.380 e. The van der Waals surface area contributed by atoms with Crippen molar-refractivity contribution in [2.24, 2.45) is 12.5 Å². The SMILES string of the molecule is Cc1cnc(Nc2ccnn2C)cc1-c1cc2n(c1)CC1(COC1)Cn1c-2nnc1C1(C(F)(F)F)CCC1. The van der Waals surface area contributed by atoms with Crippen LogP contribution in [-0.2, 0) is 30.3 Å². The molecule has 198 valence electrons. The predicted octanol–water partition coefficient (Wildman–Crippen LogP) is 4.61. The molecule has 6 heterocycles. The summed E-state index contributed by atoms with van der Waals surface area (Å²) in [6.07, 6.45) is 1.83. The zero-order valence-electron chi connectivity index (χ0n) is 21.1. The molecule has 0 amide bonds. The lowest BCUT2D eigenvalue weighted by Crippen LogP contribution is -2.52. The summed E-state index contributed by atoms with van der Waals surface area (Å²) in [5, 5.41) is 16.0. The molecule has 1 saturated carbocycles. The second kappa shape index (κ2) is 7.92. The van der Waals surface area contributed by atoms with Gasteiger partial charge >= 0.3 is 6.18 Å². The highest BCUT2D eigenvalue weighted by Gasteiger charge is 2.63. The summed E-state index contributed by atoms with van der Waals surface area (Å²) in [6, 6.07) is 5.84. The van der Waals surface area contributed by atoms with Gasteiger partial charge in [0.15, 0.2) is 5.82 Å². The fourth-order valence-corrected chi connectivity index (χ4v) is 5.99. The number of aryl methyl sites for hydroxylation is 2. The molecule has 0 unspecified atom stereocenters. The van der Waals surface area contributed by atoms with Crippen molar-refractivity contribution < 1.29 is 17.9 Å². The summed E-state index contributed by atoms with van der Waals surface area (Å²) in [4.78, 5) is 4.52. The number of fused-ring (bicyclic) bond motifs is 3. The number of nitrogens with zero attached hydrogens (tertiary/aromatic N) is 7. The summed E-state index contributed by atoms with van der Waals surface area (Å²) in [5.74, 6) is 1.99. The van der Waals surface area contributed by atoms with Gasteiger partial charge in [0.2, 0.25) is 0 Å². The minimum atomic E-state index is -4.37. The van der Waals surface area contributed by atoms with Crippen molar-refractivity contribution in [1.82, 2.24) is 34.1 Å². The summed E-state index contributed by atoms with van der Waals surface area (Å²) in [6.45, 7) is 4.01. The summed E-state index contributed by atoms with van der Waals surface area (Å²) in [5.41, 5.74) is 1.43. The average Bonchev–Trinajstić information content (AvgIpc) is 3.50. The zero-order chi connectivity index (χ0) is 26.3. The molecule has 3 aliphatic rings. The second-order valence-electron chi connectivity index (χ2n) is 11.0. The molecule has 38 heavy (non-hydrogen) atoms. The maximum absolute atomic E-state index is 14.3. The van der Waals surface area contributed by atoms with E-state index in [9.17, 15) is 13.2 Å². The van der Waals surface area contributed by atoms with Crippen LogP contribution in [0.5, 0.6) is 0 Å². The molecule has 1 N–H and O–H groups in total. The van der Waals surface area contributed by atoms with Crippen LogP contribution in [0.25, 0.3) is 22.6 Å². The fourth-order valence-electron chi connectivity index (χ4n) is 5.99. The highest BCUT2D eigenvalue weighted by atomic mass is 19.4. The number of anilines is 2. The third-order valence-electron chi connectivity index (χ3n) is 8.36. The van der Waals surface area contributed by atoms with Crippen LogP contribution in [0.3, 0.4) is 0 Å². The first kappa shape index (κ1) is 23.4. The van der Waals surface area contributed by atoms with Crippen LogP contribution in [0.4, 0.5) is 24.8 Å². The third kappa shape index (κ3) is 3.35. The number of hydrogen-bond acceptors (Lipinski definition) is 6. The predicted molar refractivity (Wildman–Crippen MR) is 133 cm³/mol. The summed E-state index contributed by atoms with van der Waals surface area (Å²) in [7, 11) is 1.85. The largest absolute Gasteiger partial charge is 0.401 e. The lowest BCUT2D eigenvalue weighted by atomic mass is 9.67. The molecule has 1 aliphatic carbocycles. The number of pyridine rings is 1. The van der Waals surface area contributed by atoms with E-state index in [1.807, 2.05) is 38.4 Å². The van der Waals surface area contributed by atoms with Crippen molar-refractivity contribution in [3.63, 3.8) is 0 Å². The van der Waals surface area contributed by atoms with E-state index in [-0.39, 0.29) is 24.1 Å². The Kier molecular flexibility index (Phi) is 4.89. The molecule has 0 radical (unpaired) electrons. The lowest BCUT2D eigenvalue weighted by molar-refractivity contribution is -0.217. The van der Waals surface area contributed by atoms with E-state index >= 15 is 0 Å². The second-order valence-corrected chi connectivity index (χ2v) is 11.0. The van der Waals surface area contributed by atoms with Crippen LogP contribution in [-0.4, -0.2) is 53.5 Å². The van der Waals surface area contributed by atoms with Crippen LogP contribution >= 0.6 is 0 Å². The van der Waals surface area contributed by atoms with Gasteiger partial charge in [0.1, 0.15) is 22.9 Å². The van der Waals surface area contributed by atoms with Crippen LogP contribution in [0.15, 0.2) is 36.8 Å². The first-order valence-electron chi connectivity index (χ1n) is 12.7. The molecule has 1 spiro atoms. The van der Waals surface area contributed by atoms with Crippen molar-refractivity contribution in [1.29, 1.82) is 0 Å². The molecule has 0 bridgehead atoms. The van der Waals surface area contributed by atoms with Gasteiger partial charge in [-0.25, -0.2) is 4.98 Å². The highest BCUT2D eigenvalue weighted by Crippen LogP contribution is 2.55. The zero-order valence-corrected chi connectivity index (χ0v) is 21.1. The Hall–Kier alpha value is -3.67. The number of alkyl halides is 3. The summed E-state index contributed by atoms with van der Waals surface area (Å²) < 4.78 is 54.1. The number of rotatable bonds is 4. The molecule has 2 aliphatic heterocycles. The molecule has 12 heteroatoms. The van der Waals surface area contributed by atoms with E-state index in [1.165, 1.54) is 0 Å². The van der Waals surface area contributed by atoms with E-state index in [0.29, 0.717) is 44.4 Å². The molecular weight excluding hydrogens is 497 g/mol. The van der Waals surface area contributed by atoms with Gasteiger partial charge in [-0.3, -0.25) is 4.68 Å². The first-order chi connectivity index (χ1) is 18.2. The van der Waals surface area contributed by atoms with Crippen molar-refractivity contribution in [3.05, 3.63) is 48.2 Å². The number of aromatic nitrogens is 7. The maximum atomic E-state index is 14.3. The Bertz CT molecular complexity index is 1540. The van der Waals surface area contributed by atoms with Gasteiger partial charge in [-0.15, -0.1) is 10.2 Å². The van der Waals surface area contributed by atoms with E-state index in [4.69, 9.17) is 4.74 Å². The van der Waals surface area contributed by atoms with Crippen LogP contribution in [0.1, 0.15) is 30.7 Å². The van der Waals surface area contributed by atoms with Gasteiger partial charge in [0, 0.05) is 44.2 Å². The van der Waals surface area contributed by atoms with Crippen molar-refractivity contribution >= 4 is 11.6 Å². The molecule has 4 aromatic heterocycles. The summed E-state index contributed by atoms with van der Waals surface area (Å²) >= 11 is 0. The molecule has 1 saturated heterocycles. The Morgan fingerprint density at radius 1 is 1.11 bits per heavy atom. The van der Waals surface area contributed by atoms with Crippen molar-refractivity contribution in [3.8, 4) is 22.6 Å². The van der Waals surface area contributed by atoms with Gasteiger partial charge in [-0.2, -0.15) is 18.3 Å². The fraction of sp³-hybridized carbons (Fsp3) is 0.462. The minimum Gasteiger partial charge on any atom is -0.380 e. The van der Waals surface area contributed by atoms with E-state index in [1.54, 1.807) is 15.4 Å². The highest BCUT2D eigenvalue weighted by molar-refractivity contribution is 5.75. The van der Waals surface area contributed by atoms with Gasteiger partial charge in [-0.1, -0.05) is 6.42 Å². The van der Waals surface area contributed by atoms with E-state index < -0.39 is 11.6 Å². The normalized spacial score (nSPS) is 19.3. The van der Waals surface area contributed by atoms with Crippen LogP contribution in [0, 0.1) is 12.3 Å². The molecule has 7 rings (SSSR count). The van der Waals surface area contributed by atoms with E-state index in [2.05, 4.69) is 36.4 Å². The van der Waals surface area contributed by atoms with Gasteiger partial charge in [-0.05, 0) is 43.0 Å². The van der Waals surface area contributed by atoms with Gasteiger partial charge in [0.25, 0.3) is 0 Å². The standard InChI is InChI=1S/C26H27F3N8O/c1-16-10-30-20(32-21-4-7-31-35(21)2)9-18(16)17-8-19-22-33-34-23(25(5-3-6-25)26(27,28)29)37(22)13-24(14-38-15-24)12-36(19)11-17/h4,7-11H,3,5-6,12-15H2,1-2H3,(H,30,32). The Morgan fingerprint density at radius 2 is 1.92 bits per heavy atom. The monoisotopic (exact) mass is 524 g/mol. The Labute approximate surface area is 216 Å². The van der Waals surface area contributed by atoms with Gasteiger partial charge < -0.3 is 19.2 Å². The first-order valence-corrected chi connectivity index (χ1v) is 12.7. The minimum absolute atomic E-state index is 0.0384. The molecule has 2 fully saturated rings. The maximum Gasteiger partial charge on any atom is 0.401 e. The quantitative estimate of drug-likeness (QED) is 0.420. The average molecular weight is 525 g/mol.